The van der Waals surface area contributed by atoms with Gasteiger partial charge in [0.15, 0.2) is 6.17 Å². The Morgan fingerprint density at radius 2 is 2.14 bits per heavy atom. The van der Waals surface area contributed by atoms with Crippen molar-refractivity contribution in [3.63, 3.8) is 0 Å². The molecular weight excluding hydrogens is 365 g/mol. The number of nitrogens with two attached hydrogens (primary N) is 1. The van der Waals surface area contributed by atoms with Crippen molar-refractivity contribution in [3.05, 3.63) is 30.0 Å². The molecule has 2 amide bonds. The molecule has 28 heavy (non-hydrogen) atoms. The zero-order valence-corrected chi connectivity index (χ0v) is 16.1. The second-order valence-electron chi connectivity index (χ2n) is 7.12. The van der Waals surface area contributed by atoms with Crippen molar-refractivity contribution < 1.29 is 23.5 Å². The van der Waals surface area contributed by atoms with E-state index in [4.69, 9.17) is 15.2 Å². The molecule has 1 fully saturated rings. The lowest BCUT2D eigenvalue weighted by atomic mass is 9.97. The third-order valence-corrected chi connectivity index (χ3v) is 4.80. The Hall–Kier alpha value is -2.90. The second kappa shape index (κ2) is 8.00. The van der Waals surface area contributed by atoms with Gasteiger partial charge in [0.25, 0.3) is 11.8 Å². The number of aromatic nitrogens is 1. The normalized spacial score (nSPS) is 21.8. The third kappa shape index (κ3) is 3.85. The van der Waals surface area contributed by atoms with Gasteiger partial charge in [-0.1, -0.05) is 6.92 Å². The van der Waals surface area contributed by atoms with E-state index in [1.807, 2.05) is 20.8 Å². The summed E-state index contributed by atoms with van der Waals surface area (Å²) in [5, 5.41) is 3.98. The molecule has 1 aromatic heterocycles. The Kier molecular flexibility index (Phi) is 5.67. The molecule has 1 aromatic carbocycles. The average Bonchev–Trinajstić information content (AvgIpc) is 2.92. The van der Waals surface area contributed by atoms with Crippen LogP contribution < -0.4 is 20.5 Å². The number of nitrogens with one attached hydrogen (secondary N) is 1. The highest BCUT2D eigenvalue weighted by molar-refractivity contribution is 6.01. The summed E-state index contributed by atoms with van der Waals surface area (Å²) in [4.78, 5) is 27.6. The first-order valence-electron chi connectivity index (χ1n) is 9.28. The number of primary amides is 1. The first-order chi connectivity index (χ1) is 13.3. The van der Waals surface area contributed by atoms with Crippen LogP contribution in [0.1, 0.15) is 37.6 Å². The zero-order chi connectivity index (χ0) is 20.4. The summed E-state index contributed by atoms with van der Waals surface area (Å²) in [7, 11) is 0. The van der Waals surface area contributed by atoms with Gasteiger partial charge < -0.3 is 20.5 Å². The molecule has 0 radical (unpaired) electrons. The molecule has 3 atom stereocenters. The number of ether oxygens (including phenoxy) is 2. The Morgan fingerprint density at radius 3 is 2.79 bits per heavy atom. The number of pyridine rings is 1. The van der Waals surface area contributed by atoms with Crippen LogP contribution in [0.5, 0.6) is 11.6 Å². The Morgan fingerprint density at radius 1 is 1.39 bits per heavy atom. The summed E-state index contributed by atoms with van der Waals surface area (Å²) in [5.74, 6) is -0.982. The first-order valence-corrected chi connectivity index (χ1v) is 9.28. The van der Waals surface area contributed by atoms with Gasteiger partial charge in [-0.2, -0.15) is 0 Å². The predicted molar refractivity (Wildman–Crippen MR) is 102 cm³/mol. The fourth-order valence-electron chi connectivity index (χ4n) is 3.43. The van der Waals surface area contributed by atoms with E-state index in [9.17, 15) is 14.0 Å². The minimum Gasteiger partial charge on any atom is -0.490 e. The van der Waals surface area contributed by atoms with Crippen LogP contribution in [0.25, 0.3) is 10.8 Å². The summed E-state index contributed by atoms with van der Waals surface area (Å²) in [6.45, 7) is 5.61. The molecule has 3 unspecified atom stereocenters. The third-order valence-electron chi connectivity index (χ3n) is 4.80. The smallest absolute Gasteiger partial charge is 0.255 e. The SMILES string of the molecule is CCC1C(COc2nccc3cc(C(N)=O)c(OC(C)C)cc23)NC(=O)C1F. The largest absolute Gasteiger partial charge is 0.490 e. The number of carbonyl (C=O) groups is 2. The molecule has 1 aliphatic rings. The van der Waals surface area contributed by atoms with Crippen molar-refractivity contribution in [3.8, 4) is 11.6 Å². The topological polar surface area (TPSA) is 104 Å². The summed E-state index contributed by atoms with van der Waals surface area (Å²) in [5.41, 5.74) is 5.75. The van der Waals surface area contributed by atoms with E-state index in [0.29, 0.717) is 28.8 Å². The molecular formula is C20H24FN3O4. The van der Waals surface area contributed by atoms with Crippen LogP contribution in [-0.4, -0.2) is 41.7 Å². The van der Waals surface area contributed by atoms with Gasteiger partial charge in [-0.15, -0.1) is 0 Å². The lowest BCUT2D eigenvalue weighted by Crippen LogP contribution is -2.34. The molecule has 150 valence electrons. The van der Waals surface area contributed by atoms with E-state index >= 15 is 0 Å². The number of alkyl halides is 1. The average molecular weight is 389 g/mol. The predicted octanol–water partition coefficient (Wildman–Crippen LogP) is 2.36. The van der Waals surface area contributed by atoms with Gasteiger partial charge in [0.1, 0.15) is 12.4 Å². The number of hydrogen-bond donors (Lipinski definition) is 2. The molecule has 8 heteroatoms. The van der Waals surface area contributed by atoms with Gasteiger partial charge in [0.05, 0.1) is 17.7 Å². The van der Waals surface area contributed by atoms with E-state index in [-0.39, 0.29) is 18.3 Å². The molecule has 2 heterocycles. The van der Waals surface area contributed by atoms with Gasteiger partial charge >= 0.3 is 0 Å². The highest BCUT2D eigenvalue weighted by Gasteiger charge is 2.41. The standard InChI is InChI=1S/C20H24FN3O4/c1-4-12-15(24-19(26)17(12)21)9-27-20-13-8-16(28-10(2)3)14(18(22)25)7-11(13)5-6-23-20/h5-8,10,12,15,17H,4,9H2,1-3H3,(H2,22,25)(H,24,26). The van der Waals surface area contributed by atoms with Gasteiger partial charge in [-0.25, -0.2) is 9.37 Å². The lowest BCUT2D eigenvalue weighted by Gasteiger charge is -2.19. The fraction of sp³-hybridized carbons (Fsp3) is 0.450. The fourth-order valence-corrected chi connectivity index (χ4v) is 3.43. The van der Waals surface area contributed by atoms with Crippen LogP contribution >= 0.6 is 0 Å². The van der Waals surface area contributed by atoms with E-state index in [2.05, 4.69) is 10.3 Å². The summed E-state index contributed by atoms with van der Waals surface area (Å²) in [6.07, 6.45) is 0.388. The molecule has 7 nitrogen and oxygen atoms in total. The molecule has 0 saturated carbocycles. The number of hydrogen-bond acceptors (Lipinski definition) is 5. The molecule has 0 aliphatic carbocycles. The number of benzene rings is 1. The van der Waals surface area contributed by atoms with Crippen LogP contribution in [0.4, 0.5) is 4.39 Å². The Labute approximate surface area is 162 Å². The Balaban J connectivity index is 1.91. The van der Waals surface area contributed by atoms with E-state index in [1.54, 1.807) is 24.4 Å². The summed E-state index contributed by atoms with van der Waals surface area (Å²) < 4.78 is 25.5. The number of fused-ring (bicyclic) bond motifs is 1. The molecule has 3 N–H and O–H groups in total. The molecule has 2 aromatic rings. The van der Waals surface area contributed by atoms with Crippen molar-refractivity contribution in [2.24, 2.45) is 11.7 Å². The zero-order valence-electron chi connectivity index (χ0n) is 16.1. The molecule has 1 aliphatic heterocycles. The quantitative estimate of drug-likeness (QED) is 0.757. The monoisotopic (exact) mass is 389 g/mol. The Bertz CT molecular complexity index is 902. The van der Waals surface area contributed by atoms with Crippen LogP contribution in [0.15, 0.2) is 24.4 Å². The van der Waals surface area contributed by atoms with E-state index < -0.39 is 29.9 Å². The number of carbonyl (C=O) groups excluding carboxylic acids is 2. The maximum absolute atomic E-state index is 14.0. The van der Waals surface area contributed by atoms with Crippen molar-refractivity contribution >= 4 is 22.6 Å². The van der Waals surface area contributed by atoms with Crippen LogP contribution in [-0.2, 0) is 4.79 Å². The number of amides is 2. The maximum Gasteiger partial charge on any atom is 0.255 e. The molecule has 1 saturated heterocycles. The lowest BCUT2D eigenvalue weighted by molar-refractivity contribution is -0.123. The highest BCUT2D eigenvalue weighted by atomic mass is 19.1. The van der Waals surface area contributed by atoms with Crippen molar-refractivity contribution in [2.45, 2.75) is 45.5 Å². The van der Waals surface area contributed by atoms with Crippen LogP contribution in [0, 0.1) is 5.92 Å². The van der Waals surface area contributed by atoms with Gasteiger partial charge in [-0.05, 0) is 43.9 Å². The van der Waals surface area contributed by atoms with Crippen molar-refractivity contribution in [2.75, 3.05) is 6.61 Å². The second-order valence-corrected chi connectivity index (χ2v) is 7.12. The van der Waals surface area contributed by atoms with Gasteiger partial charge in [0.2, 0.25) is 5.88 Å². The number of nitrogens with zero attached hydrogens (tertiary/aromatic N) is 1. The first kappa shape index (κ1) is 19.9. The van der Waals surface area contributed by atoms with Crippen LogP contribution in [0.3, 0.4) is 0 Å². The van der Waals surface area contributed by atoms with Gasteiger partial charge in [-0.3, -0.25) is 9.59 Å². The number of rotatable bonds is 7. The number of halogens is 1. The van der Waals surface area contributed by atoms with Crippen molar-refractivity contribution in [1.29, 1.82) is 0 Å². The van der Waals surface area contributed by atoms with E-state index in [0.717, 1.165) is 0 Å². The molecule has 0 spiro atoms. The van der Waals surface area contributed by atoms with Crippen molar-refractivity contribution in [1.82, 2.24) is 10.3 Å². The minimum atomic E-state index is -1.52. The summed E-state index contributed by atoms with van der Waals surface area (Å²) >= 11 is 0. The summed E-state index contributed by atoms with van der Waals surface area (Å²) in [6, 6.07) is 4.60. The van der Waals surface area contributed by atoms with Crippen LogP contribution in [0.2, 0.25) is 0 Å². The molecule has 3 rings (SSSR count). The van der Waals surface area contributed by atoms with E-state index in [1.165, 1.54) is 0 Å². The molecule has 0 bridgehead atoms. The van der Waals surface area contributed by atoms with Gasteiger partial charge in [0, 0.05) is 17.5 Å². The minimum absolute atomic E-state index is 0.0920. The maximum atomic E-state index is 14.0. The highest BCUT2D eigenvalue weighted by Crippen LogP contribution is 2.32.